The van der Waals surface area contributed by atoms with Gasteiger partial charge in [-0.25, -0.2) is 9.78 Å². The lowest BCUT2D eigenvalue weighted by atomic mass is 10.3. The van der Waals surface area contributed by atoms with Gasteiger partial charge in [0, 0.05) is 0 Å². The van der Waals surface area contributed by atoms with Gasteiger partial charge in [0.25, 0.3) is 5.91 Å². The highest BCUT2D eigenvalue weighted by molar-refractivity contribution is 9.11. The summed E-state index contributed by atoms with van der Waals surface area (Å²) in [6.07, 6.45) is 1.56. The molecule has 22 heavy (non-hydrogen) atoms. The van der Waals surface area contributed by atoms with Gasteiger partial charge in [-0.05, 0) is 28.1 Å². The van der Waals surface area contributed by atoms with E-state index in [1.165, 1.54) is 11.3 Å². The zero-order valence-corrected chi connectivity index (χ0v) is 14.2. The number of rotatable bonds is 6. The molecule has 0 atom stereocenters. The number of hydrogen-bond acceptors (Lipinski definition) is 6. The molecule has 0 bridgehead atoms. The largest absolute Gasteiger partial charge is 0.480 e. The van der Waals surface area contributed by atoms with E-state index in [1.807, 2.05) is 0 Å². The molecule has 0 aliphatic rings. The summed E-state index contributed by atoms with van der Waals surface area (Å²) in [5.74, 6) is -0.776. The standard InChI is InChI=1S/C13H10BrClN2O4S/c14-10-5-16-13(22-10)17-11(18)6-21-12(19)7-20-9-4-2-1-3-8(9)15/h1-5H,6-7H2,(H,16,17,18). The highest BCUT2D eigenvalue weighted by Gasteiger charge is 2.11. The van der Waals surface area contributed by atoms with Crippen molar-refractivity contribution in [2.75, 3.05) is 18.5 Å². The number of benzene rings is 1. The highest BCUT2D eigenvalue weighted by Crippen LogP contribution is 2.23. The maximum atomic E-state index is 11.6. The van der Waals surface area contributed by atoms with Gasteiger partial charge in [-0.2, -0.15) is 0 Å². The van der Waals surface area contributed by atoms with Crippen LogP contribution in [0.2, 0.25) is 5.02 Å². The smallest absolute Gasteiger partial charge is 0.344 e. The number of para-hydroxylation sites is 1. The fourth-order valence-electron chi connectivity index (χ4n) is 1.35. The normalized spacial score (nSPS) is 10.1. The monoisotopic (exact) mass is 404 g/mol. The van der Waals surface area contributed by atoms with Crippen molar-refractivity contribution in [1.82, 2.24) is 4.98 Å². The zero-order valence-electron chi connectivity index (χ0n) is 11.0. The summed E-state index contributed by atoms with van der Waals surface area (Å²) in [5.41, 5.74) is 0. The number of amides is 1. The zero-order chi connectivity index (χ0) is 15.9. The van der Waals surface area contributed by atoms with Crippen molar-refractivity contribution < 1.29 is 19.1 Å². The van der Waals surface area contributed by atoms with Gasteiger partial charge in [-0.15, -0.1) is 0 Å². The average Bonchev–Trinajstić information content (AvgIpc) is 2.89. The molecule has 2 aromatic rings. The Morgan fingerprint density at radius 3 is 2.77 bits per heavy atom. The molecule has 1 N–H and O–H groups in total. The van der Waals surface area contributed by atoms with Crippen LogP contribution in [-0.4, -0.2) is 30.1 Å². The van der Waals surface area contributed by atoms with E-state index < -0.39 is 18.5 Å². The number of carbonyl (C=O) groups excluding carboxylic acids is 2. The number of esters is 1. The van der Waals surface area contributed by atoms with Gasteiger partial charge in [-0.1, -0.05) is 35.1 Å². The van der Waals surface area contributed by atoms with E-state index in [4.69, 9.17) is 21.1 Å². The summed E-state index contributed by atoms with van der Waals surface area (Å²) in [4.78, 5) is 27.0. The molecule has 0 aliphatic heterocycles. The lowest BCUT2D eigenvalue weighted by Gasteiger charge is -2.07. The summed E-state index contributed by atoms with van der Waals surface area (Å²) in [6, 6.07) is 6.74. The molecule has 1 aromatic heterocycles. The molecule has 0 aliphatic carbocycles. The van der Waals surface area contributed by atoms with Crippen LogP contribution in [0.1, 0.15) is 0 Å². The number of anilines is 1. The van der Waals surface area contributed by atoms with E-state index >= 15 is 0 Å². The first kappa shape index (κ1) is 16.7. The van der Waals surface area contributed by atoms with Crippen LogP contribution in [0.4, 0.5) is 5.13 Å². The van der Waals surface area contributed by atoms with E-state index in [0.29, 0.717) is 15.9 Å². The van der Waals surface area contributed by atoms with Crippen LogP contribution in [-0.2, 0) is 14.3 Å². The van der Waals surface area contributed by atoms with E-state index in [2.05, 4.69) is 26.2 Å². The summed E-state index contributed by atoms with van der Waals surface area (Å²) in [6.45, 7) is -0.748. The van der Waals surface area contributed by atoms with Crippen molar-refractivity contribution in [3.8, 4) is 5.75 Å². The maximum Gasteiger partial charge on any atom is 0.344 e. The number of nitrogens with zero attached hydrogens (tertiary/aromatic N) is 1. The van der Waals surface area contributed by atoms with Crippen molar-refractivity contribution >= 4 is 55.9 Å². The molecule has 0 spiro atoms. The Morgan fingerprint density at radius 1 is 1.32 bits per heavy atom. The number of ether oxygens (including phenoxy) is 2. The molecular weight excluding hydrogens is 396 g/mol. The van der Waals surface area contributed by atoms with E-state index in [9.17, 15) is 9.59 Å². The van der Waals surface area contributed by atoms with Crippen molar-refractivity contribution in [2.24, 2.45) is 0 Å². The van der Waals surface area contributed by atoms with Gasteiger partial charge in [0.05, 0.1) is 15.0 Å². The molecule has 116 valence electrons. The van der Waals surface area contributed by atoms with Gasteiger partial charge in [-0.3, -0.25) is 10.1 Å². The van der Waals surface area contributed by atoms with Crippen LogP contribution in [0.5, 0.6) is 5.75 Å². The lowest BCUT2D eigenvalue weighted by Crippen LogP contribution is -2.23. The minimum absolute atomic E-state index is 0.334. The fourth-order valence-corrected chi connectivity index (χ4v) is 2.67. The first-order valence-corrected chi connectivity index (χ1v) is 7.97. The van der Waals surface area contributed by atoms with Crippen LogP contribution < -0.4 is 10.1 Å². The first-order chi connectivity index (χ1) is 10.5. The van der Waals surface area contributed by atoms with Crippen LogP contribution in [0, 0.1) is 0 Å². The average molecular weight is 406 g/mol. The molecule has 6 nitrogen and oxygen atoms in total. The van der Waals surface area contributed by atoms with Crippen molar-refractivity contribution in [2.45, 2.75) is 0 Å². The Balaban J connectivity index is 1.71. The quantitative estimate of drug-likeness (QED) is 0.747. The number of carbonyl (C=O) groups is 2. The second-order valence-electron chi connectivity index (χ2n) is 3.90. The third-order valence-corrected chi connectivity index (χ3v) is 3.97. The molecule has 0 saturated carbocycles. The summed E-state index contributed by atoms with van der Waals surface area (Å²) in [7, 11) is 0. The molecule has 0 unspecified atom stereocenters. The van der Waals surface area contributed by atoms with E-state index in [-0.39, 0.29) is 6.61 Å². The molecule has 0 saturated heterocycles. The van der Waals surface area contributed by atoms with Crippen molar-refractivity contribution in [3.63, 3.8) is 0 Å². The van der Waals surface area contributed by atoms with Crippen LogP contribution in [0.3, 0.4) is 0 Å². The number of aromatic nitrogens is 1. The Hall–Kier alpha value is -1.64. The summed E-state index contributed by atoms with van der Waals surface area (Å²) >= 11 is 10.4. The molecule has 1 heterocycles. The SMILES string of the molecule is O=C(COC(=O)COc1ccccc1Cl)Nc1ncc(Br)s1. The minimum Gasteiger partial charge on any atom is -0.480 e. The highest BCUT2D eigenvalue weighted by atomic mass is 79.9. The van der Waals surface area contributed by atoms with E-state index in [0.717, 1.165) is 3.79 Å². The lowest BCUT2D eigenvalue weighted by molar-refractivity contribution is -0.149. The minimum atomic E-state index is -0.671. The second-order valence-corrected chi connectivity index (χ2v) is 6.71. The topological polar surface area (TPSA) is 77.5 Å². The Kier molecular flexibility index (Phi) is 6.17. The summed E-state index contributed by atoms with van der Waals surface area (Å²) < 4.78 is 10.8. The summed E-state index contributed by atoms with van der Waals surface area (Å²) in [5, 5.41) is 3.31. The molecule has 0 fully saturated rings. The van der Waals surface area contributed by atoms with Crippen LogP contribution >= 0.6 is 38.9 Å². The predicted octanol–water partition coefficient (Wildman–Crippen LogP) is 3.12. The van der Waals surface area contributed by atoms with Gasteiger partial charge in [0.15, 0.2) is 18.3 Å². The Labute approximate surface area is 143 Å². The van der Waals surface area contributed by atoms with Gasteiger partial charge < -0.3 is 9.47 Å². The Bertz CT molecular complexity index is 680. The second kappa shape index (κ2) is 8.11. The molecular formula is C13H10BrClN2O4S. The number of thiazole rings is 1. The first-order valence-electron chi connectivity index (χ1n) is 5.98. The van der Waals surface area contributed by atoms with Crippen LogP contribution in [0.15, 0.2) is 34.2 Å². The molecule has 1 aromatic carbocycles. The molecule has 2 rings (SSSR count). The van der Waals surface area contributed by atoms with Crippen molar-refractivity contribution in [3.05, 3.63) is 39.3 Å². The number of halogens is 2. The molecule has 9 heteroatoms. The number of hydrogen-bond donors (Lipinski definition) is 1. The maximum absolute atomic E-state index is 11.6. The van der Waals surface area contributed by atoms with Gasteiger partial charge >= 0.3 is 5.97 Å². The van der Waals surface area contributed by atoms with Gasteiger partial charge in [0.2, 0.25) is 0 Å². The van der Waals surface area contributed by atoms with Crippen molar-refractivity contribution in [1.29, 1.82) is 0 Å². The fraction of sp³-hybridized carbons (Fsp3) is 0.154. The van der Waals surface area contributed by atoms with Gasteiger partial charge in [0.1, 0.15) is 5.75 Å². The number of nitrogens with one attached hydrogen (secondary N) is 1. The van der Waals surface area contributed by atoms with Crippen LogP contribution in [0.25, 0.3) is 0 Å². The predicted molar refractivity (Wildman–Crippen MR) is 86.3 cm³/mol. The van der Waals surface area contributed by atoms with E-state index in [1.54, 1.807) is 30.5 Å². The molecule has 1 amide bonds. The third kappa shape index (κ3) is 5.28. The molecule has 0 radical (unpaired) electrons. The Morgan fingerprint density at radius 2 is 2.09 bits per heavy atom. The third-order valence-electron chi connectivity index (χ3n) is 2.27.